The van der Waals surface area contributed by atoms with Crippen LogP contribution in [-0.2, 0) is 26.2 Å². The van der Waals surface area contributed by atoms with E-state index in [9.17, 15) is 22.4 Å². The van der Waals surface area contributed by atoms with Gasteiger partial charge in [0.25, 0.3) is 0 Å². The van der Waals surface area contributed by atoms with Crippen molar-refractivity contribution >= 4 is 39.1 Å². The molecule has 0 fully saturated rings. The molecule has 0 spiro atoms. The van der Waals surface area contributed by atoms with Gasteiger partial charge < -0.3 is 10.2 Å². The third kappa shape index (κ3) is 7.17. The van der Waals surface area contributed by atoms with Gasteiger partial charge in [0.05, 0.1) is 11.9 Å². The molecular weight excluding hydrogens is 469 g/mol. The van der Waals surface area contributed by atoms with Gasteiger partial charge in [-0.15, -0.1) is 0 Å². The molecule has 0 aliphatic heterocycles. The molecule has 0 aromatic heterocycles. The quantitative estimate of drug-likeness (QED) is 0.543. The van der Waals surface area contributed by atoms with Gasteiger partial charge in [-0.3, -0.25) is 13.9 Å². The van der Waals surface area contributed by atoms with Crippen LogP contribution in [0.4, 0.5) is 10.1 Å². The molecule has 1 atom stereocenters. The summed E-state index contributed by atoms with van der Waals surface area (Å²) in [4.78, 5) is 27.6. The maximum atomic E-state index is 14.4. The van der Waals surface area contributed by atoms with Gasteiger partial charge in [0, 0.05) is 17.6 Å². The lowest BCUT2D eigenvalue weighted by Crippen LogP contribution is -2.53. The summed E-state index contributed by atoms with van der Waals surface area (Å²) >= 11 is 6.29. The maximum Gasteiger partial charge on any atom is 0.244 e. The van der Waals surface area contributed by atoms with E-state index < -0.39 is 34.3 Å². The first-order valence-corrected chi connectivity index (χ1v) is 12.7. The van der Waals surface area contributed by atoms with Gasteiger partial charge in [0.15, 0.2) is 0 Å². The van der Waals surface area contributed by atoms with Gasteiger partial charge in [0.2, 0.25) is 21.8 Å². The molecule has 0 saturated carbocycles. The van der Waals surface area contributed by atoms with E-state index in [1.165, 1.54) is 23.1 Å². The molecule has 7 nitrogen and oxygen atoms in total. The Kier molecular flexibility index (Phi) is 9.25. The van der Waals surface area contributed by atoms with Crippen molar-refractivity contribution in [3.05, 3.63) is 64.9 Å². The number of nitrogens with one attached hydrogen (secondary N) is 1. The van der Waals surface area contributed by atoms with Gasteiger partial charge in [-0.05, 0) is 44.0 Å². The summed E-state index contributed by atoms with van der Waals surface area (Å²) in [5, 5.41) is 3.20. The van der Waals surface area contributed by atoms with Crippen LogP contribution in [0.15, 0.2) is 48.5 Å². The minimum Gasteiger partial charge on any atom is -0.352 e. The number of nitrogens with zero attached hydrogens (tertiary/aromatic N) is 2. The van der Waals surface area contributed by atoms with Crippen LogP contribution in [0.2, 0.25) is 5.02 Å². The molecule has 10 heteroatoms. The topological polar surface area (TPSA) is 86.8 Å². The number of sulfonamides is 1. The molecule has 0 radical (unpaired) electrons. The largest absolute Gasteiger partial charge is 0.352 e. The van der Waals surface area contributed by atoms with Crippen molar-refractivity contribution in [3.8, 4) is 0 Å². The number of rotatable bonds is 10. The molecule has 0 aliphatic rings. The summed E-state index contributed by atoms with van der Waals surface area (Å²) in [6.07, 6.45) is 1.18. The average molecular weight is 498 g/mol. The van der Waals surface area contributed by atoms with E-state index in [0.29, 0.717) is 14.9 Å². The fourth-order valence-corrected chi connectivity index (χ4v) is 4.40. The Hall–Kier alpha value is -2.65. The molecule has 2 amide bonds. The minimum atomic E-state index is -4.00. The zero-order valence-corrected chi connectivity index (χ0v) is 20.7. The molecule has 1 N–H and O–H groups in total. The van der Waals surface area contributed by atoms with Gasteiger partial charge >= 0.3 is 0 Å². The highest BCUT2D eigenvalue weighted by Gasteiger charge is 2.32. The summed E-state index contributed by atoms with van der Waals surface area (Å²) < 4.78 is 40.0. The smallest absolute Gasteiger partial charge is 0.244 e. The van der Waals surface area contributed by atoms with Gasteiger partial charge in [-0.25, -0.2) is 12.8 Å². The van der Waals surface area contributed by atoms with Gasteiger partial charge in [-0.1, -0.05) is 48.9 Å². The molecule has 180 valence electrons. The lowest BCUT2D eigenvalue weighted by Gasteiger charge is -2.33. The second kappa shape index (κ2) is 11.5. The normalized spacial score (nSPS) is 12.3. The number of hydrogen-bond acceptors (Lipinski definition) is 4. The fourth-order valence-electron chi connectivity index (χ4n) is 3.36. The summed E-state index contributed by atoms with van der Waals surface area (Å²) in [6.45, 7) is 4.67. The first-order chi connectivity index (χ1) is 15.5. The average Bonchev–Trinajstić information content (AvgIpc) is 2.72. The van der Waals surface area contributed by atoms with Crippen LogP contribution >= 0.6 is 11.6 Å². The number of hydrogen-bond donors (Lipinski definition) is 1. The van der Waals surface area contributed by atoms with E-state index in [1.807, 2.05) is 0 Å². The van der Waals surface area contributed by atoms with Crippen molar-refractivity contribution in [2.45, 2.75) is 45.8 Å². The van der Waals surface area contributed by atoms with Crippen LogP contribution < -0.4 is 9.62 Å². The van der Waals surface area contributed by atoms with E-state index in [-0.39, 0.29) is 30.6 Å². The predicted octanol–water partition coefficient (Wildman–Crippen LogP) is 3.58. The third-order valence-corrected chi connectivity index (χ3v) is 6.41. The Morgan fingerprint density at radius 2 is 1.70 bits per heavy atom. The molecule has 0 unspecified atom stereocenters. The van der Waals surface area contributed by atoms with Crippen molar-refractivity contribution < 1.29 is 22.4 Å². The predicted molar refractivity (Wildman–Crippen MR) is 128 cm³/mol. The highest BCUT2D eigenvalue weighted by atomic mass is 35.5. The van der Waals surface area contributed by atoms with Crippen molar-refractivity contribution in [2.24, 2.45) is 0 Å². The first-order valence-electron chi connectivity index (χ1n) is 10.5. The zero-order chi connectivity index (χ0) is 24.8. The van der Waals surface area contributed by atoms with E-state index in [4.69, 9.17) is 11.6 Å². The lowest BCUT2D eigenvalue weighted by molar-refractivity contribution is -0.140. The molecule has 0 aliphatic carbocycles. The standard InChI is InChI=1S/C23H29ClFN3O4S/c1-5-20(23(30)26-16(2)3)27(14-17-10-6-7-11-18(17)24)22(29)15-28(33(4,31)32)21-13-9-8-12-19(21)25/h6-13,16,20H,5,14-15H2,1-4H3,(H,26,30)/t20-/m0/s1. The highest BCUT2D eigenvalue weighted by Crippen LogP contribution is 2.24. The zero-order valence-electron chi connectivity index (χ0n) is 19.1. The minimum absolute atomic E-state index is 0.0165. The SMILES string of the molecule is CC[C@@H](C(=O)NC(C)C)N(Cc1ccccc1Cl)C(=O)CN(c1ccccc1F)S(C)(=O)=O. The molecule has 0 bridgehead atoms. The van der Waals surface area contributed by atoms with Crippen molar-refractivity contribution in [1.29, 1.82) is 0 Å². The monoisotopic (exact) mass is 497 g/mol. The second-order valence-corrected chi connectivity index (χ2v) is 10.2. The molecule has 2 rings (SSSR count). The van der Waals surface area contributed by atoms with E-state index >= 15 is 0 Å². The number of amides is 2. The summed E-state index contributed by atoms with van der Waals surface area (Å²) in [7, 11) is -4.00. The molecule has 2 aromatic rings. The number of halogens is 2. The molecule has 0 heterocycles. The van der Waals surface area contributed by atoms with Crippen molar-refractivity contribution in [3.63, 3.8) is 0 Å². The Morgan fingerprint density at radius 1 is 1.09 bits per heavy atom. The van der Waals surface area contributed by atoms with Crippen molar-refractivity contribution in [1.82, 2.24) is 10.2 Å². The summed E-state index contributed by atoms with van der Waals surface area (Å²) in [5.41, 5.74) is 0.353. The summed E-state index contributed by atoms with van der Waals surface area (Å²) in [6, 6.07) is 11.1. The van der Waals surface area contributed by atoms with Gasteiger partial charge in [-0.2, -0.15) is 0 Å². The second-order valence-electron chi connectivity index (χ2n) is 7.92. The molecular formula is C23H29ClFN3O4S. The molecule has 33 heavy (non-hydrogen) atoms. The van der Waals surface area contributed by atoms with Crippen LogP contribution in [-0.4, -0.2) is 50.0 Å². The van der Waals surface area contributed by atoms with Crippen LogP contribution in [0.1, 0.15) is 32.8 Å². The number of para-hydroxylation sites is 1. The fraction of sp³-hybridized carbons (Fsp3) is 0.391. The van der Waals surface area contributed by atoms with E-state index in [2.05, 4.69) is 5.32 Å². The van der Waals surface area contributed by atoms with Gasteiger partial charge in [0.1, 0.15) is 18.4 Å². The Bertz CT molecular complexity index is 1090. The van der Waals surface area contributed by atoms with Crippen molar-refractivity contribution in [2.75, 3.05) is 17.1 Å². The van der Waals surface area contributed by atoms with Crippen LogP contribution in [0.25, 0.3) is 0 Å². The lowest BCUT2D eigenvalue weighted by atomic mass is 10.1. The Labute approximate surface area is 199 Å². The van der Waals surface area contributed by atoms with Crippen LogP contribution in [0.5, 0.6) is 0 Å². The highest BCUT2D eigenvalue weighted by molar-refractivity contribution is 7.92. The van der Waals surface area contributed by atoms with E-state index in [1.54, 1.807) is 45.0 Å². The van der Waals surface area contributed by atoms with Crippen LogP contribution in [0, 0.1) is 5.82 Å². The number of anilines is 1. The molecule has 0 saturated heterocycles. The first kappa shape index (κ1) is 26.6. The molecule has 2 aromatic carbocycles. The number of carbonyl (C=O) groups is 2. The number of benzene rings is 2. The van der Waals surface area contributed by atoms with E-state index in [0.717, 1.165) is 12.3 Å². The van der Waals surface area contributed by atoms with Crippen LogP contribution in [0.3, 0.4) is 0 Å². The maximum absolute atomic E-state index is 14.4. The Morgan fingerprint density at radius 3 is 2.24 bits per heavy atom. The Balaban J connectivity index is 2.47. The third-order valence-electron chi connectivity index (χ3n) is 4.92. The summed E-state index contributed by atoms with van der Waals surface area (Å²) in [5.74, 6) is -1.81. The number of carbonyl (C=O) groups excluding carboxylic acids is 2.